The molecular formula is C30H37NO8. The van der Waals surface area contributed by atoms with E-state index in [-0.39, 0.29) is 59.2 Å². The molecule has 0 spiro atoms. The van der Waals surface area contributed by atoms with Crippen molar-refractivity contribution in [1.82, 2.24) is 0 Å². The maximum Gasteiger partial charge on any atom is 0.311 e. The predicted octanol–water partition coefficient (Wildman–Crippen LogP) is 5.43. The molecule has 3 fully saturated rings. The van der Waals surface area contributed by atoms with Crippen LogP contribution >= 0.6 is 0 Å². The first kappa shape index (κ1) is 27.5. The quantitative estimate of drug-likeness (QED) is 0.210. The predicted molar refractivity (Wildman–Crippen MR) is 140 cm³/mol. The number of ketones is 1. The summed E-state index contributed by atoms with van der Waals surface area (Å²) in [6.07, 6.45) is 6.65. The van der Waals surface area contributed by atoms with Crippen molar-refractivity contribution in [3.05, 3.63) is 45.7 Å². The summed E-state index contributed by atoms with van der Waals surface area (Å²) >= 11 is 0. The second-order valence-electron chi connectivity index (χ2n) is 12.3. The monoisotopic (exact) mass is 539 g/mol. The summed E-state index contributed by atoms with van der Waals surface area (Å²) < 4.78 is 10.9. The molecule has 0 radical (unpaired) electrons. The van der Waals surface area contributed by atoms with Gasteiger partial charge in [-0.25, -0.2) is 0 Å². The van der Waals surface area contributed by atoms with E-state index in [1.807, 2.05) is 0 Å². The van der Waals surface area contributed by atoms with Crippen molar-refractivity contribution < 1.29 is 33.9 Å². The van der Waals surface area contributed by atoms with Crippen LogP contribution in [0.4, 0.5) is 5.69 Å². The molecule has 210 valence electrons. The minimum Gasteiger partial charge on any atom is -0.427 e. The van der Waals surface area contributed by atoms with Gasteiger partial charge in [0.25, 0.3) is 5.69 Å². The lowest BCUT2D eigenvalue weighted by Crippen LogP contribution is -2.51. The van der Waals surface area contributed by atoms with E-state index in [0.29, 0.717) is 24.2 Å². The standard InChI is InChI=1S/C30H37NO8/c1-29-17-15-24(32)28(23(29)11-10-20-21-12-13-25(33)30(21,2)16-14-22(20)29)39-27(35)5-3-4-26(34)38-19-8-6-18(7-9-19)31(36)37/h6-9,20-22,25,33H,3-5,10-17H2,1-2H3/t20-,21-,22-,25-,29+,30-/m0/s1. The molecule has 0 bridgehead atoms. The first-order valence-electron chi connectivity index (χ1n) is 14.1. The van der Waals surface area contributed by atoms with Crippen LogP contribution in [-0.4, -0.2) is 33.9 Å². The van der Waals surface area contributed by atoms with E-state index >= 15 is 0 Å². The van der Waals surface area contributed by atoms with Gasteiger partial charge in [-0.2, -0.15) is 0 Å². The third kappa shape index (κ3) is 5.01. The van der Waals surface area contributed by atoms with Crippen LogP contribution in [0.25, 0.3) is 0 Å². The largest absolute Gasteiger partial charge is 0.427 e. The molecule has 0 saturated heterocycles. The molecule has 0 aromatic heterocycles. The summed E-state index contributed by atoms with van der Waals surface area (Å²) in [5.74, 6) is 0.638. The Kier molecular flexibility index (Phi) is 7.39. The lowest BCUT2D eigenvalue weighted by molar-refractivity contribution is -0.384. The van der Waals surface area contributed by atoms with Crippen molar-refractivity contribution in [3.63, 3.8) is 0 Å². The lowest BCUT2D eigenvalue weighted by Gasteiger charge is -2.57. The van der Waals surface area contributed by atoms with Gasteiger partial charge in [-0.3, -0.25) is 24.5 Å². The molecule has 9 nitrogen and oxygen atoms in total. The fourth-order valence-electron chi connectivity index (χ4n) is 8.12. The lowest BCUT2D eigenvalue weighted by atomic mass is 9.47. The normalized spacial score (nSPS) is 33.6. The highest BCUT2D eigenvalue weighted by atomic mass is 16.6. The van der Waals surface area contributed by atoms with Crippen LogP contribution in [-0.2, 0) is 19.1 Å². The number of esters is 2. The number of carbonyl (C=O) groups excluding carboxylic acids is 3. The van der Waals surface area contributed by atoms with Gasteiger partial charge in [0.1, 0.15) is 5.75 Å². The Balaban J connectivity index is 1.19. The van der Waals surface area contributed by atoms with E-state index in [2.05, 4.69) is 13.8 Å². The van der Waals surface area contributed by atoms with E-state index in [9.17, 15) is 29.6 Å². The molecule has 0 heterocycles. The molecule has 0 aliphatic heterocycles. The van der Waals surface area contributed by atoms with Crippen LogP contribution in [0.1, 0.15) is 84.5 Å². The molecule has 3 saturated carbocycles. The number of rotatable bonds is 7. The Hall–Kier alpha value is -3.07. The zero-order valence-corrected chi connectivity index (χ0v) is 22.6. The summed E-state index contributed by atoms with van der Waals surface area (Å²) in [5.41, 5.74) is 0.677. The topological polar surface area (TPSA) is 133 Å². The fourth-order valence-corrected chi connectivity index (χ4v) is 8.12. The number of allylic oxidation sites excluding steroid dienone is 1. The SMILES string of the molecule is C[C@]12CC[C@H]3[C@@H](CCC4=C(OC(=O)CCCC(=O)Oc5ccc([N+](=O)[O-])cc5)C(=O)CC[C@@]43C)[C@@H]1CC[C@@H]2O. The second kappa shape index (κ2) is 10.5. The molecule has 1 aromatic carbocycles. The van der Waals surface area contributed by atoms with Gasteiger partial charge in [0, 0.05) is 31.4 Å². The number of fused-ring (bicyclic) bond motifs is 5. The van der Waals surface area contributed by atoms with E-state index in [0.717, 1.165) is 50.5 Å². The molecule has 0 unspecified atom stereocenters. The van der Waals surface area contributed by atoms with Gasteiger partial charge in [0.2, 0.25) is 0 Å². The van der Waals surface area contributed by atoms with Gasteiger partial charge in [0.05, 0.1) is 11.0 Å². The highest BCUT2D eigenvalue weighted by Gasteiger charge is 2.59. The van der Waals surface area contributed by atoms with E-state index < -0.39 is 16.9 Å². The first-order valence-corrected chi connectivity index (χ1v) is 14.1. The van der Waals surface area contributed by atoms with Crippen LogP contribution in [0.15, 0.2) is 35.6 Å². The Morgan fingerprint density at radius 1 is 0.974 bits per heavy atom. The highest BCUT2D eigenvalue weighted by molar-refractivity contribution is 5.97. The van der Waals surface area contributed by atoms with Gasteiger partial charge in [-0.15, -0.1) is 0 Å². The fraction of sp³-hybridized carbons (Fsp3) is 0.633. The summed E-state index contributed by atoms with van der Waals surface area (Å²) in [6.45, 7) is 4.49. The summed E-state index contributed by atoms with van der Waals surface area (Å²) in [5, 5.41) is 21.4. The van der Waals surface area contributed by atoms with Gasteiger partial charge in [0.15, 0.2) is 11.5 Å². The number of nitro benzene ring substituents is 1. The van der Waals surface area contributed by atoms with Crippen LogP contribution in [0.2, 0.25) is 0 Å². The number of nitrogens with zero attached hydrogens (tertiary/aromatic N) is 1. The van der Waals surface area contributed by atoms with Gasteiger partial charge in [-0.05, 0) is 97.7 Å². The number of hydrogen-bond donors (Lipinski definition) is 1. The molecule has 4 aliphatic carbocycles. The zero-order chi connectivity index (χ0) is 27.9. The highest BCUT2D eigenvalue weighted by Crippen LogP contribution is 2.65. The minimum atomic E-state index is -0.556. The molecule has 1 aromatic rings. The number of aliphatic hydroxyl groups is 1. The van der Waals surface area contributed by atoms with Crippen molar-refractivity contribution in [2.45, 2.75) is 90.6 Å². The van der Waals surface area contributed by atoms with Crippen LogP contribution < -0.4 is 4.74 Å². The smallest absolute Gasteiger partial charge is 0.311 e. The molecule has 39 heavy (non-hydrogen) atoms. The van der Waals surface area contributed by atoms with E-state index in [1.54, 1.807) is 0 Å². The number of non-ortho nitro benzene ring substituents is 1. The van der Waals surface area contributed by atoms with Crippen molar-refractivity contribution >= 4 is 23.4 Å². The molecular weight excluding hydrogens is 502 g/mol. The van der Waals surface area contributed by atoms with Crippen LogP contribution in [0.5, 0.6) is 5.75 Å². The minimum absolute atomic E-state index is 0.0157. The Morgan fingerprint density at radius 3 is 2.36 bits per heavy atom. The van der Waals surface area contributed by atoms with Crippen LogP contribution in [0.3, 0.4) is 0 Å². The first-order chi connectivity index (χ1) is 18.5. The van der Waals surface area contributed by atoms with E-state index in [1.165, 1.54) is 24.3 Å². The number of aliphatic hydroxyl groups excluding tert-OH is 1. The number of benzene rings is 1. The third-order valence-electron chi connectivity index (χ3n) is 10.3. The summed E-state index contributed by atoms with van der Waals surface area (Å²) in [7, 11) is 0. The summed E-state index contributed by atoms with van der Waals surface area (Å²) in [4.78, 5) is 48.0. The second-order valence-corrected chi connectivity index (χ2v) is 12.3. The third-order valence-corrected chi connectivity index (χ3v) is 10.3. The van der Waals surface area contributed by atoms with Crippen molar-refractivity contribution in [3.8, 4) is 5.75 Å². The Bertz CT molecular complexity index is 1210. The maximum atomic E-state index is 12.9. The Morgan fingerprint density at radius 2 is 1.67 bits per heavy atom. The van der Waals surface area contributed by atoms with Crippen molar-refractivity contribution in [1.29, 1.82) is 0 Å². The summed E-state index contributed by atoms with van der Waals surface area (Å²) in [6, 6.07) is 5.20. The molecule has 1 N–H and O–H groups in total. The number of nitro groups is 1. The molecule has 9 heteroatoms. The number of ether oxygens (including phenoxy) is 2. The number of carbonyl (C=O) groups is 3. The molecule has 4 aliphatic rings. The van der Waals surface area contributed by atoms with Crippen molar-refractivity contribution in [2.75, 3.05) is 0 Å². The Labute approximate surface area is 228 Å². The molecule has 6 atom stereocenters. The van der Waals surface area contributed by atoms with Gasteiger partial charge >= 0.3 is 11.9 Å². The van der Waals surface area contributed by atoms with Gasteiger partial charge < -0.3 is 14.6 Å². The molecule has 0 amide bonds. The van der Waals surface area contributed by atoms with Crippen LogP contribution in [0, 0.1) is 38.7 Å². The molecule has 5 rings (SSSR count). The average molecular weight is 540 g/mol. The van der Waals surface area contributed by atoms with Gasteiger partial charge in [-0.1, -0.05) is 13.8 Å². The average Bonchev–Trinajstić information content (AvgIpc) is 3.20. The zero-order valence-electron chi connectivity index (χ0n) is 22.6. The number of hydrogen-bond acceptors (Lipinski definition) is 8. The number of Topliss-reactive ketones (excluding diaryl/α,β-unsaturated/α-hetero) is 1. The maximum absolute atomic E-state index is 12.9. The van der Waals surface area contributed by atoms with Crippen molar-refractivity contribution in [2.24, 2.45) is 28.6 Å². The van der Waals surface area contributed by atoms with E-state index in [4.69, 9.17) is 9.47 Å².